The van der Waals surface area contributed by atoms with Crippen LogP contribution in [0.3, 0.4) is 0 Å². The van der Waals surface area contributed by atoms with E-state index in [2.05, 4.69) is 10.3 Å². The van der Waals surface area contributed by atoms with Crippen molar-refractivity contribution < 1.29 is 9.53 Å². The number of hydrogen-bond donors (Lipinski definition) is 1. The number of rotatable bonds is 6. The Labute approximate surface area is 170 Å². The van der Waals surface area contributed by atoms with E-state index in [1.165, 1.54) is 0 Å². The molecule has 0 radical (unpaired) electrons. The molecular weight excluding hydrogens is 362 g/mol. The van der Waals surface area contributed by atoms with Crippen molar-refractivity contribution in [3.8, 4) is 5.75 Å². The fraction of sp³-hybridized carbons (Fsp3) is 0.167. The number of anilines is 1. The number of imidazole rings is 1. The topological polar surface area (TPSA) is 56.2 Å². The maximum Gasteiger partial charge on any atom is 0.244 e. The maximum absolute atomic E-state index is 12.8. The number of nitrogens with one attached hydrogen (secondary N) is 1. The highest BCUT2D eigenvalue weighted by atomic mass is 16.5. The minimum Gasteiger partial charge on any atom is -0.486 e. The number of fused-ring (bicyclic) bond motifs is 1. The van der Waals surface area contributed by atoms with Gasteiger partial charge in [0.1, 0.15) is 24.7 Å². The van der Waals surface area contributed by atoms with Crippen molar-refractivity contribution >= 4 is 22.6 Å². The van der Waals surface area contributed by atoms with E-state index in [4.69, 9.17) is 4.74 Å². The molecule has 0 atom stereocenters. The summed E-state index contributed by atoms with van der Waals surface area (Å²) in [6.07, 6.45) is 0. The quantitative estimate of drug-likeness (QED) is 0.515. The number of amides is 1. The van der Waals surface area contributed by atoms with Crippen molar-refractivity contribution in [3.05, 3.63) is 89.7 Å². The SMILES string of the molecule is Cc1cccc(NC(=O)Cn2c(COc3ccccc3)nc3ccccc32)c1C. The van der Waals surface area contributed by atoms with Gasteiger partial charge < -0.3 is 14.6 Å². The van der Waals surface area contributed by atoms with Gasteiger partial charge in [-0.3, -0.25) is 4.79 Å². The molecule has 1 N–H and O–H groups in total. The van der Waals surface area contributed by atoms with Gasteiger partial charge in [-0.25, -0.2) is 4.98 Å². The first kappa shape index (κ1) is 18.7. The molecular formula is C24H23N3O2. The van der Waals surface area contributed by atoms with E-state index in [0.29, 0.717) is 5.82 Å². The summed E-state index contributed by atoms with van der Waals surface area (Å²) < 4.78 is 7.80. The van der Waals surface area contributed by atoms with Crippen LogP contribution in [0.15, 0.2) is 72.8 Å². The van der Waals surface area contributed by atoms with Gasteiger partial charge in [0.05, 0.1) is 11.0 Å². The summed E-state index contributed by atoms with van der Waals surface area (Å²) in [5.74, 6) is 1.39. The molecule has 0 bridgehead atoms. The summed E-state index contributed by atoms with van der Waals surface area (Å²) in [6.45, 7) is 4.50. The van der Waals surface area contributed by atoms with E-state index in [9.17, 15) is 4.79 Å². The van der Waals surface area contributed by atoms with Crippen LogP contribution in [0.5, 0.6) is 5.75 Å². The summed E-state index contributed by atoms with van der Waals surface area (Å²) in [5, 5.41) is 3.03. The number of nitrogens with zero attached hydrogens (tertiary/aromatic N) is 2. The average Bonchev–Trinajstić information content (AvgIpc) is 3.08. The summed E-state index contributed by atoms with van der Waals surface area (Å²) in [5.41, 5.74) is 4.81. The molecule has 0 saturated carbocycles. The zero-order valence-electron chi connectivity index (χ0n) is 16.6. The van der Waals surface area contributed by atoms with Crippen molar-refractivity contribution in [2.45, 2.75) is 27.0 Å². The highest BCUT2D eigenvalue weighted by Gasteiger charge is 2.15. The van der Waals surface area contributed by atoms with Crippen LogP contribution in [0.4, 0.5) is 5.69 Å². The first-order valence-corrected chi connectivity index (χ1v) is 9.60. The molecule has 1 aromatic heterocycles. The normalized spacial score (nSPS) is 10.8. The predicted octanol–water partition coefficient (Wildman–Crippen LogP) is 4.87. The number of carbonyl (C=O) groups excluding carboxylic acids is 1. The molecule has 0 aliphatic heterocycles. The second-order valence-corrected chi connectivity index (χ2v) is 7.00. The van der Waals surface area contributed by atoms with Crippen LogP contribution in [-0.4, -0.2) is 15.5 Å². The van der Waals surface area contributed by atoms with E-state index in [0.717, 1.165) is 33.6 Å². The van der Waals surface area contributed by atoms with Crippen LogP contribution in [0.2, 0.25) is 0 Å². The Balaban J connectivity index is 1.58. The van der Waals surface area contributed by atoms with E-state index in [1.54, 1.807) is 0 Å². The summed E-state index contributed by atoms with van der Waals surface area (Å²) in [7, 11) is 0. The van der Waals surface area contributed by atoms with Gasteiger partial charge in [-0.1, -0.05) is 42.5 Å². The summed E-state index contributed by atoms with van der Waals surface area (Å²) in [4.78, 5) is 17.5. The second kappa shape index (κ2) is 8.19. The standard InChI is InChI=1S/C24H23N3O2/c1-17-9-8-13-20(18(17)2)26-24(28)15-27-22-14-7-6-12-21(22)25-23(27)16-29-19-10-4-3-5-11-19/h3-14H,15-16H2,1-2H3,(H,26,28). The molecule has 146 valence electrons. The van der Waals surface area contributed by atoms with Crippen LogP contribution in [-0.2, 0) is 17.9 Å². The van der Waals surface area contributed by atoms with Gasteiger partial charge >= 0.3 is 0 Å². The lowest BCUT2D eigenvalue weighted by Crippen LogP contribution is -2.21. The Morgan fingerprint density at radius 3 is 2.55 bits per heavy atom. The number of benzene rings is 3. The summed E-state index contributed by atoms with van der Waals surface area (Å²) in [6, 6.07) is 23.3. The Hall–Kier alpha value is -3.60. The Morgan fingerprint density at radius 1 is 0.966 bits per heavy atom. The third-order valence-electron chi connectivity index (χ3n) is 5.03. The minimum atomic E-state index is -0.0946. The third kappa shape index (κ3) is 4.14. The molecule has 0 aliphatic rings. The number of hydrogen-bond acceptors (Lipinski definition) is 3. The number of aromatic nitrogens is 2. The maximum atomic E-state index is 12.8. The van der Waals surface area contributed by atoms with Gasteiger partial charge in [-0.15, -0.1) is 0 Å². The van der Waals surface area contributed by atoms with Crippen molar-refractivity contribution in [2.75, 3.05) is 5.32 Å². The zero-order chi connectivity index (χ0) is 20.2. The molecule has 4 aromatic rings. The monoisotopic (exact) mass is 385 g/mol. The van der Waals surface area contributed by atoms with Gasteiger partial charge in [0.2, 0.25) is 5.91 Å². The van der Waals surface area contributed by atoms with Crippen molar-refractivity contribution in [1.29, 1.82) is 0 Å². The third-order valence-corrected chi connectivity index (χ3v) is 5.03. The highest BCUT2D eigenvalue weighted by Crippen LogP contribution is 2.20. The molecule has 3 aromatic carbocycles. The molecule has 0 fully saturated rings. The molecule has 0 saturated heterocycles. The first-order valence-electron chi connectivity index (χ1n) is 9.60. The van der Waals surface area contributed by atoms with Gasteiger partial charge in [-0.2, -0.15) is 0 Å². The number of carbonyl (C=O) groups is 1. The lowest BCUT2D eigenvalue weighted by Gasteiger charge is -2.13. The Bertz CT molecular complexity index is 1150. The van der Waals surface area contributed by atoms with Crippen LogP contribution >= 0.6 is 0 Å². The first-order chi connectivity index (χ1) is 14.1. The smallest absolute Gasteiger partial charge is 0.244 e. The van der Waals surface area contributed by atoms with E-state index in [-0.39, 0.29) is 19.1 Å². The molecule has 29 heavy (non-hydrogen) atoms. The van der Waals surface area contributed by atoms with Crippen LogP contribution in [0.25, 0.3) is 11.0 Å². The lowest BCUT2D eigenvalue weighted by atomic mass is 10.1. The van der Waals surface area contributed by atoms with E-state index in [1.807, 2.05) is 91.2 Å². The van der Waals surface area contributed by atoms with Gasteiger partial charge in [-0.05, 0) is 55.3 Å². The molecule has 0 unspecified atom stereocenters. The lowest BCUT2D eigenvalue weighted by molar-refractivity contribution is -0.116. The van der Waals surface area contributed by atoms with Gasteiger partial charge in [0.15, 0.2) is 0 Å². The predicted molar refractivity (Wildman–Crippen MR) is 115 cm³/mol. The minimum absolute atomic E-state index is 0.0946. The van der Waals surface area contributed by atoms with Gasteiger partial charge in [0, 0.05) is 5.69 Å². The molecule has 0 aliphatic carbocycles. The molecule has 5 heteroatoms. The Kier molecular flexibility index (Phi) is 5.29. The van der Waals surface area contributed by atoms with Crippen molar-refractivity contribution in [3.63, 3.8) is 0 Å². The summed E-state index contributed by atoms with van der Waals surface area (Å²) >= 11 is 0. The molecule has 1 amide bonds. The number of ether oxygens (including phenoxy) is 1. The second-order valence-electron chi connectivity index (χ2n) is 7.00. The average molecular weight is 385 g/mol. The zero-order valence-corrected chi connectivity index (χ0v) is 16.6. The van der Waals surface area contributed by atoms with Gasteiger partial charge in [0.25, 0.3) is 0 Å². The Morgan fingerprint density at radius 2 is 1.72 bits per heavy atom. The van der Waals surface area contributed by atoms with E-state index < -0.39 is 0 Å². The van der Waals surface area contributed by atoms with Crippen LogP contribution in [0.1, 0.15) is 17.0 Å². The van der Waals surface area contributed by atoms with E-state index >= 15 is 0 Å². The number of aryl methyl sites for hydroxylation is 1. The largest absolute Gasteiger partial charge is 0.486 e. The molecule has 0 spiro atoms. The van der Waals surface area contributed by atoms with Crippen molar-refractivity contribution in [1.82, 2.24) is 9.55 Å². The van der Waals surface area contributed by atoms with Crippen molar-refractivity contribution in [2.24, 2.45) is 0 Å². The molecule has 1 heterocycles. The van der Waals surface area contributed by atoms with Crippen LogP contribution in [0, 0.1) is 13.8 Å². The fourth-order valence-corrected chi connectivity index (χ4v) is 3.30. The van der Waals surface area contributed by atoms with Crippen LogP contribution < -0.4 is 10.1 Å². The molecule has 5 nitrogen and oxygen atoms in total. The highest BCUT2D eigenvalue weighted by molar-refractivity contribution is 5.92. The fourth-order valence-electron chi connectivity index (χ4n) is 3.30. The molecule has 4 rings (SSSR count). The number of para-hydroxylation sites is 3.